The molecule has 4 nitrogen and oxygen atoms in total. The summed E-state index contributed by atoms with van der Waals surface area (Å²) < 4.78 is 4.97. The molecule has 1 fully saturated rings. The molecule has 0 saturated carbocycles. The molecule has 0 unspecified atom stereocenters. The molecule has 1 aromatic heterocycles. The number of nitrogens with one attached hydrogen (secondary N) is 1. The molecule has 1 amide bonds. The molecule has 74 valence electrons. The fourth-order valence-electron chi connectivity index (χ4n) is 1.30. The van der Waals surface area contributed by atoms with Crippen LogP contribution in [0.4, 0.5) is 0 Å². The minimum absolute atomic E-state index is 0.114. The minimum Gasteiger partial charge on any atom is -0.377 e. The van der Waals surface area contributed by atoms with Gasteiger partial charge in [0.15, 0.2) is 0 Å². The SMILES string of the molecule is Cc1cccnc1C(=O)NC1COC1. The minimum atomic E-state index is -0.114. The van der Waals surface area contributed by atoms with E-state index >= 15 is 0 Å². The van der Waals surface area contributed by atoms with Crippen molar-refractivity contribution >= 4 is 5.91 Å². The number of aromatic nitrogens is 1. The van der Waals surface area contributed by atoms with Crippen molar-refractivity contribution in [3.63, 3.8) is 0 Å². The standard InChI is InChI=1S/C10H12N2O2/c1-7-3-2-4-11-9(7)10(13)12-8-5-14-6-8/h2-4,8H,5-6H2,1H3,(H,12,13). The van der Waals surface area contributed by atoms with Gasteiger partial charge >= 0.3 is 0 Å². The number of nitrogens with zero attached hydrogens (tertiary/aromatic N) is 1. The predicted molar refractivity (Wildman–Crippen MR) is 51.0 cm³/mol. The van der Waals surface area contributed by atoms with Crippen LogP contribution in [0.2, 0.25) is 0 Å². The smallest absolute Gasteiger partial charge is 0.270 e. The number of carbonyl (C=O) groups excluding carboxylic acids is 1. The van der Waals surface area contributed by atoms with E-state index in [1.807, 2.05) is 19.1 Å². The van der Waals surface area contributed by atoms with E-state index in [-0.39, 0.29) is 11.9 Å². The van der Waals surface area contributed by atoms with Crippen LogP contribution in [0.1, 0.15) is 16.1 Å². The quantitative estimate of drug-likeness (QED) is 0.743. The molecule has 2 heterocycles. The molecule has 0 aliphatic carbocycles. The van der Waals surface area contributed by atoms with Crippen molar-refractivity contribution in [1.29, 1.82) is 0 Å². The number of carbonyl (C=O) groups is 1. The summed E-state index contributed by atoms with van der Waals surface area (Å²) in [6, 6.07) is 3.85. The Kier molecular flexibility index (Phi) is 2.45. The topological polar surface area (TPSA) is 51.2 Å². The Morgan fingerprint density at radius 3 is 3.00 bits per heavy atom. The van der Waals surface area contributed by atoms with Crippen molar-refractivity contribution in [2.24, 2.45) is 0 Å². The summed E-state index contributed by atoms with van der Waals surface area (Å²) in [6.45, 7) is 3.09. The molecule has 0 radical (unpaired) electrons. The van der Waals surface area contributed by atoms with Gasteiger partial charge in [0.05, 0.1) is 19.3 Å². The average molecular weight is 192 g/mol. The van der Waals surface area contributed by atoms with Gasteiger partial charge in [-0.05, 0) is 18.6 Å². The van der Waals surface area contributed by atoms with E-state index in [9.17, 15) is 4.79 Å². The van der Waals surface area contributed by atoms with Crippen LogP contribution in [0.15, 0.2) is 18.3 Å². The summed E-state index contributed by atoms with van der Waals surface area (Å²) in [5.74, 6) is -0.114. The number of hydrogen-bond acceptors (Lipinski definition) is 3. The van der Waals surface area contributed by atoms with Crippen LogP contribution < -0.4 is 5.32 Å². The number of aryl methyl sites for hydroxylation is 1. The van der Waals surface area contributed by atoms with Gasteiger partial charge < -0.3 is 10.1 Å². The molecule has 0 bridgehead atoms. The first-order valence-electron chi connectivity index (χ1n) is 4.57. The first kappa shape index (κ1) is 9.15. The van der Waals surface area contributed by atoms with Crippen molar-refractivity contribution in [3.8, 4) is 0 Å². The summed E-state index contributed by atoms with van der Waals surface area (Å²) in [4.78, 5) is 15.7. The van der Waals surface area contributed by atoms with Crippen molar-refractivity contribution < 1.29 is 9.53 Å². The first-order valence-corrected chi connectivity index (χ1v) is 4.57. The molecule has 14 heavy (non-hydrogen) atoms. The van der Waals surface area contributed by atoms with Crippen molar-refractivity contribution in [2.45, 2.75) is 13.0 Å². The Hall–Kier alpha value is -1.42. The Bertz CT molecular complexity index is 348. The molecular formula is C10H12N2O2. The van der Waals surface area contributed by atoms with Crippen LogP contribution in [0, 0.1) is 6.92 Å². The van der Waals surface area contributed by atoms with Crippen LogP contribution in [0.3, 0.4) is 0 Å². The Balaban J connectivity index is 2.06. The highest BCUT2D eigenvalue weighted by Crippen LogP contribution is 2.05. The maximum Gasteiger partial charge on any atom is 0.270 e. The van der Waals surface area contributed by atoms with E-state index in [1.54, 1.807) is 6.20 Å². The second-order valence-corrected chi connectivity index (χ2v) is 3.38. The van der Waals surface area contributed by atoms with Crippen molar-refractivity contribution in [1.82, 2.24) is 10.3 Å². The predicted octanol–water partition coefficient (Wildman–Crippen LogP) is 0.519. The van der Waals surface area contributed by atoms with Crippen LogP contribution >= 0.6 is 0 Å². The number of rotatable bonds is 2. The fraction of sp³-hybridized carbons (Fsp3) is 0.400. The van der Waals surface area contributed by atoms with Crippen LogP contribution in [0.25, 0.3) is 0 Å². The molecule has 4 heteroatoms. The largest absolute Gasteiger partial charge is 0.377 e. The van der Waals surface area contributed by atoms with Gasteiger partial charge in [-0.25, -0.2) is 0 Å². The highest BCUT2D eigenvalue weighted by molar-refractivity contribution is 5.93. The Labute approximate surface area is 82.3 Å². The van der Waals surface area contributed by atoms with Gasteiger partial charge in [-0.2, -0.15) is 0 Å². The number of ether oxygens (including phenoxy) is 1. The van der Waals surface area contributed by atoms with E-state index in [2.05, 4.69) is 10.3 Å². The second-order valence-electron chi connectivity index (χ2n) is 3.38. The molecule has 0 atom stereocenters. The number of amides is 1. The third kappa shape index (κ3) is 1.75. The van der Waals surface area contributed by atoms with Gasteiger partial charge in [-0.3, -0.25) is 9.78 Å². The van der Waals surface area contributed by atoms with Crippen molar-refractivity contribution in [2.75, 3.05) is 13.2 Å². The molecule has 1 aliphatic heterocycles. The lowest BCUT2D eigenvalue weighted by atomic mass is 10.2. The van der Waals surface area contributed by atoms with Gasteiger partial charge in [0.2, 0.25) is 0 Å². The van der Waals surface area contributed by atoms with Crippen LogP contribution in [-0.4, -0.2) is 30.1 Å². The maximum atomic E-state index is 11.6. The molecule has 1 aliphatic rings. The molecule has 0 spiro atoms. The summed E-state index contributed by atoms with van der Waals surface area (Å²) in [5.41, 5.74) is 1.39. The van der Waals surface area contributed by atoms with E-state index in [0.29, 0.717) is 18.9 Å². The van der Waals surface area contributed by atoms with Crippen LogP contribution in [0.5, 0.6) is 0 Å². The lowest BCUT2D eigenvalue weighted by Gasteiger charge is -2.26. The molecule has 1 N–H and O–H groups in total. The molecular weight excluding hydrogens is 180 g/mol. The highest BCUT2D eigenvalue weighted by atomic mass is 16.5. The molecule has 1 saturated heterocycles. The zero-order valence-electron chi connectivity index (χ0n) is 7.99. The zero-order valence-corrected chi connectivity index (χ0v) is 7.99. The van der Waals surface area contributed by atoms with E-state index in [0.717, 1.165) is 5.56 Å². The third-order valence-electron chi connectivity index (χ3n) is 2.20. The van der Waals surface area contributed by atoms with E-state index in [1.165, 1.54) is 0 Å². The zero-order chi connectivity index (χ0) is 9.97. The molecule has 2 rings (SSSR count). The maximum absolute atomic E-state index is 11.6. The van der Waals surface area contributed by atoms with Gasteiger partial charge in [0.25, 0.3) is 5.91 Å². The summed E-state index contributed by atoms with van der Waals surface area (Å²) in [7, 11) is 0. The van der Waals surface area contributed by atoms with Gasteiger partial charge in [0, 0.05) is 6.20 Å². The average Bonchev–Trinajstić information content (AvgIpc) is 2.12. The van der Waals surface area contributed by atoms with Crippen LogP contribution in [-0.2, 0) is 4.74 Å². The van der Waals surface area contributed by atoms with Gasteiger partial charge in [0.1, 0.15) is 5.69 Å². The monoisotopic (exact) mass is 192 g/mol. The lowest BCUT2D eigenvalue weighted by Crippen LogP contribution is -2.48. The van der Waals surface area contributed by atoms with Crippen molar-refractivity contribution in [3.05, 3.63) is 29.6 Å². The fourth-order valence-corrected chi connectivity index (χ4v) is 1.30. The van der Waals surface area contributed by atoms with Gasteiger partial charge in [-0.1, -0.05) is 6.07 Å². The third-order valence-corrected chi connectivity index (χ3v) is 2.20. The van der Waals surface area contributed by atoms with E-state index in [4.69, 9.17) is 4.74 Å². The molecule has 1 aromatic rings. The number of pyridine rings is 1. The van der Waals surface area contributed by atoms with E-state index < -0.39 is 0 Å². The second kappa shape index (κ2) is 3.75. The summed E-state index contributed by atoms with van der Waals surface area (Å²) in [5, 5.41) is 2.85. The normalized spacial score (nSPS) is 16.1. The molecule has 0 aromatic carbocycles. The highest BCUT2D eigenvalue weighted by Gasteiger charge is 2.21. The first-order chi connectivity index (χ1) is 6.77. The lowest BCUT2D eigenvalue weighted by molar-refractivity contribution is -0.00356. The Morgan fingerprint density at radius 2 is 2.43 bits per heavy atom. The summed E-state index contributed by atoms with van der Waals surface area (Å²) >= 11 is 0. The number of hydrogen-bond donors (Lipinski definition) is 1. The van der Waals surface area contributed by atoms with Gasteiger partial charge in [-0.15, -0.1) is 0 Å². The Morgan fingerprint density at radius 1 is 1.64 bits per heavy atom. The summed E-state index contributed by atoms with van der Waals surface area (Å²) in [6.07, 6.45) is 1.62.